The van der Waals surface area contributed by atoms with E-state index < -0.39 is 5.97 Å². The molecule has 3 aromatic rings. The van der Waals surface area contributed by atoms with Gasteiger partial charge >= 0.3 is 5.97 Å². The summed E-state index contributed by atoms with van der Waals surface area (Å²) in [5, 5.41) is 13.5. The molecule has 0 saturated heterocycles. The van der Waals surface area contributed by atoms with Crippen LogP contribution in [0.25, 0.3) is 5.69 Å². The molecule has 0 amide bonds. The van der Waals surface area contributed by atoms with Crippen LogP contribution < -0.4 is 0 Å². The molecule has 0 fully saturated rings. The number of nitrogens with zero attached hydrogens (tertiary/aromatic N) is 2. The lowest BCUT2D eigenvalue weighted by molar-refractivity contribution is 0.0696. The molecule has 2 aromatic carbocycles. The van der Waals surface area contributed by atoms with Gasteiger partial charge in [0.2, 0.25) is 0 Å². The number of rotatable bonds is 2. The minimum atomic E-state index is -1.01. The van der Waals surface area contributed by atoms with Crippen molar-refractivity contribution in [3.05, 3.63) is 83.7 Å². The Morgan fingerprint density at radius 2 is 1.82 bits per heavy atom. The van der Waals surface area contributed by atoms with Gasteiger partial charge in [-0.3, -0.25) is 0 Å². The second-order valence-corrected chi connectivity index (χ2v) is 4.57. The number of aromatic nitrogens is 2. The van der Waals surface area contributed by atoms with E-state index in [9.17, 15) is 9.90 Å². The van der Waals surface area contributed by atoms with Crippen LogP contribution in [0.5, 0.6) is 0 Å². The van der Waals surface area contributed by atoms with Crippen molar-refractivity contribution in [2.75, 3.05) is 0 Å². The maximum atomic E-state index is 11.5. The van der Waals surface area contributed by atoms with E-state index in [-0.39, 0.29) is 5.56 Å². The molecule has 22 heavy (non-hydrogen) atoms. The molecule has 0 spiro atoms. The van der Waals surface area contributed by atoms with Gasteiger partial charge in [0.1, 0.15) is 0 Å². The number of benzene rings is 2. The van der Waals surface area contributed by atoms with Gasteiger partial charge < -0.3 is 5.11 Å². The normalized spacial score (nSPS) is 9.82. The van der Waals surface area contributed by atoms with E-state index in [0.29, 0.717) is 11.3 Å². The van der Waals surface area contributed by atoms with Crippen molar-refractivity contribution < 1.29 is 9.90 Å². The summed E-state index contributed by atoms with van der Waals surface area (Å²) in [4.78, 5) is 11.5. The number of aromatic carboxylic acids is 1. The van der Waals surface area contributed by atoms with Gasteiger partial charge in [-0.2, -0.15) is 5.10 Å². The van der Waals surface area contributed by atoms with Gasteiger partial charge in [0, 0.05) is 18.0 Å². The van der Waals surface area contributed by atoms with Crippen LogP contribution in [0, 0.1) is 11.8 Å². The Bertz CT molecular complexity index is 857. The third-order valence-corrected chi connectivity index (χ3v) is 3.12. The highest BCUT2D eigenvalue weighted by Crippen LogP contribution is 2.19. The lowest BCUT2D eigenvalue weighted by Gasteiger charge is -2.08. The fourth-order valence-electron chi connectivity index (χ4n) is 2.13. The Balaban J connectivity index is 2.15. The van der Waals surface area contributed by atoms with E-state index in [4.69, 9.17) is 0 Å². The predicted molar refractivity (Wildman–Crippen MR) is 82.9 cm³/mol. The fraction of sp³-hybridized carbons (Fsp3) is 0. The van der Waals surface area contributed by atoms with Gasteiger partial charge in [0.25, 0.3) is 0 Å². The van der Waals surface area contributed by atoms with Crippen molar-refractivity contribution >= 4 is 5.97 Å². The first kappa shape index (κ1) is 13.7. The molecule has 1 heterocycles. The number of carboxylic acid groups (broad SMARTS) is 1. The standard InChI is InChI=1S/C18H12N2O2/c21-18(22)16-9-4-8-15(17(16)20-13-5-12-19-20)11-10-14-6-2-1-3-7-14/h1-9,12-13H,(H,21,22). The largest absolute Gasteiger partial charge is 0.478 e. The molecule has 4 nitrogen and oxygen atoms in total. The molecule has 0 aliphatic heterocycles. The van der Waals surface area contributed by atoms with E-state index in [1.807, 2.05) is 30.3 Å². The van der Waals surface area contributed by atoms with Crippen molar-refractivity contribution in [2.45, 2.75) is 0 Å². The van der Waals surface area contributed by atoms with Crippen molar-refractivity contribution in [1.29, 1.82) is 0 Å². The Labute approximate surface area is 127 Å². The van der Waals surface area contributed by atoms with E-state index in [1.165, 1.54) is 4.68 Å². The zero-order valence-corrected chi connectivity index (χ0v) is 11.6. The maximum absolute atomic E-state index is 11.5. The van der Waals surface area contributed by atoms with Gasteiger partial charge in [-0.25, -0.2) is 9.48 Å². The Hall–Kier alpha value is -3.32. The Kier molecular flexibility index (Phi) is 3.71. The van der Waals surface area contributed by atoms with E-state index in [0.717, 1.165) is 5.56 Å². The number of hydrogen-bond donors (Lipinski definition) is 1. The molecule has 0 bridgehead atoms. The van der Waals surface area contributed by atoms with E-state index >= 15 is 0 Å². The fourth-order valence-corrected chi connectivity index (χ4v) is 2.13. The lowest BCUT2D eigenvalue weighted by Crippen LogP contribution is -2.08. The van der Waals surface area contributed by atoms with Crippen LogP contribution in [-0.2, 0) is 0 Å². The van der Waals surface area contributed by atoms with Gasteiger partial charge in [-0.05, 0) is 30.3 Å². The third kappa shape index (κ3) is 2.74. The summed E-state index contributed by atoms with van der Waals surface area (Å²) in [6.07, 6.45) is 3.31. The first-order valence-electron chi connectivity index (χ1n) is 6.69. The zero-order chi connectivity index (χ0) is 15.4. The van der Waals surface area contributed by atoms with Crippen LogP contribution in [0.3, 0.4) is 0 Å². The number of para-hydroxylation sites is 1. The summed E-state index contributed by atoms with van der Waals surface area (Å²) in [6.45, 7) is 0. The summed E-state index contributed by atoms with van der Waals surface area (Å²) in [5.41, 5.74) is 2.13. The lowest BCUT2D eigenvalue weighted by atomic mass is 10.1. The van der Waals surface area contributed by atoms with Crippen LogP contribution in [0.1, 0.15) is 21.5 Å². The first-order chi connectivity index (χ1) is 10.8. The second kappa shape index (κ2) is 5.98. The van der Waals surface area contributed by atoms with Crippen LogP contribution in [0.4, 0.5) is 0 Å². The molecular weight excluding hydrogens is 276 g/mol. The minimum absolute atomic E-state index is 0.170. The van der Waals surface area contributed by atoms with Crippen LogP contribution in [0.15, 0.2) is 67.0 Å². The molecular formula is C18H12N2O2. The summed E-state index contributed by atoms with van der Waals surface area (Å²) in [6, 6.07) is 16.3. The summed E-state index contributed by atoms with van der Waals surface area (Å²) >= 11 is 0. The molecule has 0 aliphatic carbocycles. The molecule has 0 saturated carbocycles. The highest BCUT2D eigenvalue weighted by Gasteiger charge is 2.15. The molecule has 3 rings (SSSR count). The van der Waals surface area contributed by atoms with Crippen molar-refractivity contribution in [3.8, 4) is 17.5 Å². The van der Waals surface area contributed by atoms with Crippen molar-refractivity contribution in [2.24, 2.45) is 0 Å². The highest BCUT2D eigenvalue weighted by atomic mass is 16.4. The third-order valence-electron chi connectivity index (χ3n) is 3.12. The van der Waals surface area contributed by atoms with Crippen molar-refractivity contribution in [1.82, 2.24) is 9.78 Å². The van der Waals surface area contributed by atoms with Gasteiger partial charge in [0.05, 0.1) is 16.8 Å². The smallest absolute Gasteiger partial charge is 0.337 e. The van der Waals surface area contributed by atoms with Gasteiger partial charge in [-0.1, -0.05) is 36.1 Å². The summed E-state index contributed by atoms with van der Waals surface area (Å²) in [5.74, 6) is 5.08. The Morgan fingerprint density at radius 3 is 2.50 bits per heavy atom. The molecule has 1 N–H and O–H groups in total. The molecule has 0 atom stereocenters. The van der Waals surface area contributed by atoms with E-state index in [2.05, 4.69) is 16.9 Å². The summed E-state index contributed by atoms with van der Waals surface area (Å²) < 4.78 is 1.53. The average molecular weight is 288 g/mol. The zero-order valence-electron chi connectivity index (χ0n) is 11.6. The molecule has 0 aliphatic rings. The minimum Gasteiger partial charge on any atom is -0.478 e. The predicted octanol–water partition coefficient (Wildman–Crippen LogP) is 2.97. The van der Waals surface area contributed by atoms with Crippen LogP contribution in [-0.4, -0.2) is 20.9 Å². The summed E-state index contributed by atoms with van der Waals surface area (Å²) in [7, 11) is 0. The Morgan fingerprint density at radius 1 is 1.00 bits per heavy atom. The molecule has 1 aromatic heterocycles. The first-order valence-corrected chi connectivity index (χ1v) is 6.69. The topological polar surface area (TPSA) is 55.1 Å². The maximum Gasteiger partial charge on any atom is 0.337 e. The molecule has 106 valence electrons. The number of hydrogen-bond acceptors (Lipinski definition) is 2. The van der Waals surface area contributed by atoms with Gasteiger partial charge in [-0.15, -0.1) is 0 Å². The molecule has 4 heteroatoms. The van der Waals surface area contributed by atoms with Crippen LogP contribution >= 0.6 is 0 Å². The molecule has 0 radical (unpaired) electrons. The SMILES string of the molecule is O=C(O)c1cccc(C#Cc2ccccc2)c1-n1cccn1. The molecule has 0 unspecified atom stereocenters. The van der Waals surface area contributed by atoms with Crippen LogP contribution in [0.2, 0.25) is 0 Å². The highest BCUT2D eigenvalue weighted by molar-refractivity contribution is 5.93. The average Bonchev–Trinajstić information content (AvgIpc) is 3.07. The second-order valence-electron chi connectivity index (χ2n) is 4.57. The van der Waals surface area contributed by atoms with Gasteiger partial charge in [0.15, 0.2) is 0 Å². The number of carboxylic acids is 1. The monoisotopic (exact) mass is 288 g/mol. The van der Waals surface area contributed by atoms with Crippen molar-refractivity contribution in [3.63, 3.8) is 0 Å². The number of carbonyl (C=O) groups is 1. The van der Waals surface area contributed by atoms with E-state index in [1.54, 1.807) is 36.7 Å². The quantitative estimate of drug-likeness (QED) is 0.738.